The smallest absolute Gasteiger partial charge is 0.245 e. The van der Waals surface area contributed by atoms with Crippen LogP contribution in [0.25, 0.3) is 0 Å². The molecule has 3 amide bonds. The third kappa shape index (κ3) is 5.21. The van der Waals surface area contributed by atoms with Crippen LogP contribution in [-0.4, -0.2) is 59.2 Å². The van der Waals surface area contributed by atoms with Crippen LogP contribution in [0, 0.1) is 17.8 Å². The molecular formula is C20H35N3O3. The van der Waals surface area contributed by atoms with E-state index in [0.29, 0.717) is 26.1 Å². The number of hydrogen-bond donors (Lipinski definition) is 1. The van der Waals surface area contributed by atoms with Gasteiger partial charge in [-0.05, 0) is 31.6 Å². The fourth-order valence-corrected chi connectivity index (χ4v) is 3.53. The number of piperazine rings is 1. The van der Waals surface area contributed by atoms with Gasteiger partial charge in [-0.15, -0.1) is 0 Å². The number of nitrogens with zero attached hydrogens (tertiary/aromatic N) is 2. The lowest BCUT2D eigenvalue weighted by atomic mass is 9.96. The van der Waals surface area contributed by atoms with E-state index in [1.165, 1.54) is 0 Å². The van der Waals surface area contributed by atoms with Gasteiger partial charge in [-0.1, -0.05) is 34.1 Å². The van der Waals surface area contributed by atoms with Crippen molar-refractivity contribution in [1.82, 2.24) is 15.1 Å². The zero-order valence-electron chi connectivity index (χ0n) is 17.0. The van der Waals surface area contributed by atoms with Crippen molar-refractivity contribution in [2.75, 3.05) is 19.6 Å². The van der Waals surface area contributed by atoms with E-state index in [2.05, 4.69) is 5.32 Å². The molecule has 0 aromatic carbocycles. The first-order chi connectivity index (χ1) is 12.2. The summed E-state index contributed by atoms with van der Waals surface area (Å²) in [5.74, 6) is 0.729. The van der Waals surface area contributed by atoms with Crippen molar-refractivity contribution in [2.24, 2.45) is 17.8 Å². The number of carbonyl (C=O) groups is 3. The molecule has 2 fully saturated rings. The second-order valence-corrected chi connectivity index (χ2v) is 8.47. The van der Waals surface area contributed by atoms with E-state index in [4.69, 9.17) is 0 Å². The summed E-state index contributed by atoms with van der Waals surface area (Å²) < 4.78 is 0. The second-order valence-electron chi connectivity index (χ2n) is 8.47. The van der Waals surface area contributed by atoms with Crippen LogP contribution in [0.4, 0.5) is 0 Å². The molecular weight excluding hydrogens is 330 g/mol. The van der Waals surface area contributed by atoms with Gasteiger partial charge in [0.25, 0.3) is 0 Å². The second kappa shape index (κ2) is 8.87. The van der Waals surface area contributed by atoms with Gasteiger partial charge in [0.2, 0.25) is 17.7 Å². The van der Waals surface area contributed by atoms with Gasteiger partial charge in [-0.25, -0.2) is 0 Å². The van der Waals surface area contributed by atoms with E-state index in [-0.39, 0.29) is 41.5 Å². The molecule has 2 aliphatic rings. The maximum Gasteiger partial charge on any atom is 0.245 e. The van der Waals surface area contributed by atoms with E-state index in [1.807, 2.05) is 44.4 Å². The topological polar surface area (TPSA) is 69.7 Å². The lowest BCUT2D eigenvalue weighted by Crippen LogP contribution is -2.60. The minimum Gasteiger partial charge on any atom is -0.344 e. The average molecular weight is 366 g/mol. The molecule has 1 N–H and O–H groups in total. The molecule has 0 aromatic heterocycles. The Balaban J connectivity index is 1.99. The minimum atomic E-state index is -0.482. The molecule has 1 saturated carbocycles. The molecule has 1 heterocycles. The summed E-state index contributed by atoms with van der Waals surface area (Å²) in [5.41, 5.74) is 0. The third-order valence-corrected chi connectivity index (χ3v) is 5.54. The summed E-state index contributed by atoms with van der Waals surface area (Å²) in [5, 5.41) is 2.96. The van der Waals surface area contributed by atoms with E-state index in [0.717, 1.165) is 19.3 Å². The molecule has 1 aliphatic carbocycles. The van der Waals surface area contributed by atoms with Gasteiger partial charge in [0.15, 0.2) is 0 Å². The van der Waals surface area contributed by atoms with E-state index in [9.17, 15) is 14.4 Å². The number of carbonyl (C=O) groups excluding carboxylic acids is 3. The first-order valence-electron chi connectivity index (χ1n) is 10.1. The molecule has 0 bridgehead atoms. The van der Waals surface area contributed by atoms with E-state index >= 15 is 0 Å². The fourth-order valence-electron chi connectivity index (χ4n) is 3.53. The molecule has 1 aliphatic heterocycles. The highest BCUT2D eigenvalue weighted by atomic mass is 16.2. The van der Waals surface area contributed by atoms with Gasteiger partial charge in [-0.2, -0.15) is 0 Å². The van der Waals surface area contributed by atoms with Crippen molar-refractivity contribution < 1.29 is 14.4 Å². The first-order valence-corrected chi connectivity index (χ1v) is 10.1. The Morgan fingerprint density at radius 1 is 1.12 bits per heavy atom. The monoisotopic (exact) mass is 365 g/mol. The zero-order chi connectivity index (χ0) is 19.4. The Morgan fingerprint density at radius 2 is 1.77 bits per heavy atom. The van der Waals surface area contributed by atoms with Crippen LogP contribution in [0.5, 0.6) is 0 Å². The van der Waals surface area contributed by atoms with Crippen molar-refractivity contribution in [2.45, 2.75) is 72.4 Å². The van der Waals surface area contributed by atoms with Crippen molar-refractivity contribution in [1.29, 1.82) is 0 Å². The van der Waals surface area contributed by atoms with Gasteiger partial charge < -0.3 is 15.1 Å². The van der Waals surface area contributed by atoms with Gasteiger partial charge in [-0.3, -0.25) is 14.4 Å². The average Bonchev–Trinajstić information content (AvgIpc) is 3.42. The lowest BCUT2D eigenvalue weighted by molar-refractivity contribution is -0.146. The van der Waals surface area contributed by atoms with Crippen LogP contribution < -0.4 is 5.32 Å². The van der Waals surface area contributed by atoms with Crippen LogP contribution >= 0.6 is 0 Å². The summed E-state index contributed by atoms with van der Waals surface area (Å²) >= 11 is 0. The number of nitrogens with one attached hydrogen (secondary N) is 1. The van der Waals surface area contributed by atoms with Gasteiger partial charge >= 0.3 is 0 Å². The largest absolute Gasteiger partial charge is 0.344 e. The highest BCUT2D eigenvalue weighted by molar-refractivity contribution is 5.88. The normalized spacial score (nSPS) is 22.9. The van der Waals surface area contributed by atoms with E-state index in [1.54, 1.807) is 0 Å². The maximum absolute atomic E-state index is 13.1. The minimum absolute atomic E-state index is 0.0122. The van der Waals surface area contributed by atoms with Crippen molar-refractivity contribution in [3.05, 3.63) is 0 Å². The summed E-state index contributed by atoms with van der Waals surface area (Å²) in [6.45, 7) is 11.7. The molecule has 1 saturated heterocycles. The molecule has 0 aromatic rings. The SMILES string of the molecule is CCC(C)C(NC(=O)CC(C)C)C(=O)N1CCN(C(=O)C2CC2)C(C)C1. The Morgan fingerprint density at radius 3 is 2.27 bits per heavy atom. The standard InChI is InChI=1S/C20H35N3O3/c1-6-14(4)18(21-17(24)11-13(2)3)20(26)22-9-10-23(15(5)12-22)19(25)16-7-8-16/h13-16,18H,6-12H2,1-5H3,(H,21,24). The number of hydrogen-bond acceptors (Lipinski definition) is 3. The zero-order valence-corrected chi connectivity index (χ0v) is 17.0. The molecule has 26 heavy (non-hydrogen) atoms. The maximum atomic E-state index is 13.1. The van der Waals surface area contributed by atoms with E-state index < -0.39 is 6.04 Å². The Labute approximate surface area is 157 Å². The molecule has 2 rings (SSSR count). The summed E-state index contributed by atoms with van der Waals surface area (Å²) in [6.07, 6.45) is 3.26. The molecule has 3 atom stereocenters. The Hall–Kier alpha value is -1.59. The lowest BCUT2D eigenvalue weighted by Gasteiger charge is -2.41. The number of rotatable bonds is 7. The quantitative estimate of drug-likeness (QED) is 0.750. The first kappa shape index (κ1) is 20.7. The van der Waals surface area contributed by atoms with Gasteiger partial charge in [0.1, 0.15) is 6.04 Å². The predicted molar refractivity (Wildman–Crippen MR) is 101 cm³/mol. The predicted octanol–water partition coefficient (Wildman–Crippen LogP) is 2.03. The Bertz CT molecular complexity index is 530. The summed E-state index contributed by atoms with van der Waals surface area (Å²) in [6, 6.07) is -0.450. The molecule has 148 valence electrons. The van der Waals surface area contributed by atoms with Crippen LogP contribution in [0.15, 0.2) is 0 Å². The van der Waals surface area contributed by atoms with Gasteiger partial charge in [0, 0.05) is 38.0 Å². The molecule has 0 radical (unpaired) electrons. The van der Waals surface area contributed by atoms with Gasteiger partial charge in [0.05, 0.1) is 0 Å². The Kier molecular flexibility index (Phi) is 7.07. The molecule has 3 unspecified atom stereocenters. The summed E-state index contributed by atoms with van der Waals surface area (Å²) in [7, 11) is 0. The van der Waals surface area contributed by atoms with Crippen LogP contribution in [0.2, 0.25) is 0 Å². The number of amides is 3. The van der Waals surface area contributed by atoms with Crippen LogP contribution in [-0.2, 0) is 14.4 Å². The third-order valence-electron chi connectivity index (χ3n) is 5.54. The highest BCUT2D eigenvalue weighted by Crippen LogP contribution is 2.32. The van der Waals surface area contributed by atoms with Crippen molar-refractivity contribution in [3.63, 3.8) is 0 Å². The van der Waals surface area contributed by atoms with Crippen molar-refractivity contribution >= 4 is 17.7 Å². The van der Waals surface area contributed by atoms with Crippen LogP contribution in [0.3, 0.4) is 0 Å². The fraction of sp³-hybridized carbons (Fsp3) is 0.850. The van der Waals surface area contributed by atoms with Crippen LogP contribution in [0.1, 0.15) is 60.3 Å². The summed E-state index contributed by atoms with van der Waals surface area (Å²) in [4.78, 5) is 41.4. The molecule has 0 spiro atoms. The highest BCUT2D eigenvalue weighted by Gasteiger charge is 2.39. The molecule has 6 nitrogen and oxygen atoms in total. The molecule has 6 heteroatoms. The van der Waals surface area contributed by atoms with Crippen molar-refractivity contribution in [3.8, 4) is 0 Å².